The number of allylic oxidation sites excluding steroid dienone is 2. The molecule has 0 spiro atoms. The molecule has 174 valence electrons. The van der Waals surface area contributed by atoms with Crippen molar-refractivity contribution in [3.8, 4) is 0 Å². The molecule has 1 amide bonds. The number of hydrogen-bond donors (Lipinski definition) is 1. The molecule has 1 aromatic rings. The molecule has 1 N–H and O–H groups in total. The van der Waals surface area contributed by atoms with Crippen LogP contribution in [-0.4, -0.2) is 72.3 Å². The van der Waals surface area contributed by atoms with Gasteiger partial charge in [0.2, 0.25) is 0 Å². The van der Waals surface area contributed by atoms with E-state index in [1.54, 1.807) is 11.6 Å². The highest BCUT2D eigenvalue weighted by atomic mass is 35.5. The molecule has 6 nitrogen and oxygen atoms in total. The first-order valence-electron chi connectivity index (χ1n) is 12.0. The zero-order chi connectivity index (χ0) is 22.8. The van der Waals surface area contributed by atoms with E-state index in [0.29, 0.717) is 29.0 Å². The first-order chi connectivity index (χ1) is 16.1. The first-order valence-corrected chi connectivity index (χ1v) is 12.4. The highest BCUT2D eigenvalue weighted by molar-refractivity contribution is 6.33. The quantitative estimate of drug-likeness (QED) is 0.705. The maximum Gasteiger partial charge on any atom is 0.272 e. The van der Waals surface area contributed by atoms with Crippen LogP contribution in [0, 0.1) is 0 Å². The Morgan fingerprint density at radius 1 is 1.18 bits per heavy atom. The van der Waals surface area contributed by atoms with Crippen molar-refractivity contribution in [2.75, 3.05) is 45.1 Å². The molecule has 1 aromatic carbocycles. The molecule has 5 rings (SSSR count). The van der Waals surface area contributed by atoms with Crippen LogP contribution in [0.15, 0.2) is 64.5 Å². The number of piperazine rings is 1. The van der Waals surface area contributed by atoms with E-state index >= 15 is 0 Å². The molecule has 1 atom stereocenters. The second kappa shape index (κ2) is 9.74. The van der Waals surface area contributed by atoms with Crippen molar-refractivity contribution in [1.82, 2.24) is 14.7 Å². The van der Waals surface area contributed by atoms with Gasteiger partial charge in [0.15, 0.2) is 0 Å². The molecule has 3 heterocycles. The van der Waals surface area contributed by atoms with Gasteiger partial charge in [-0.3, -0.25) is 14.7 Å². The summed E-state index contributed by atoms with van der Waals surface area (Å²) in [5.74, 6) is 0.836. The number of amides is 1. The Morgan fingerprint density at radius 3 is 2.76 bits per heavy atom. The summed E-state index contributed by atoms with van der Waals surface area (Å²) in [5, 5.41) is 3.50. The van der Waals surface area contributed by atoms with E-state index in [1.165, 1.54) is 44.3 Å². The van der Waals surface area contributed by atoms with E-state index in [-0.39, 0.29) is 5.91 Å². The number of amidine groups is 1. The first kappa shape index (κ1) is 22.2. The summed E-state index contributed by atoms with van der Waals surface area (Å²) in [4.78, 5) is 24.8. The molecule has 3 fully saturated rings. The zero-order valence-electron chi connectivity index (χ0n) is 19.3. The minimum Gasteiger partial charge on any atom is -0.362 e. The number of hydrogen-bond acceptors (Lipinski definition) is 5. The highest BCUT2D eigenvalue weighted by Gasteiger charge is 2.32. The van der Waals surface area contributed by atoms with Crippen LogP contribution >= 0.6 is 11.6 Å². The van der Waals surface area contributed by atoms with Crippen LogP contribution in [0.1, 0.15) is 32.1 Å². The van der Waals surface area contributed by atoms with Crippen LogP contribution in [0.25, 0.3) is 0 Å². The zero-order valence-corrected chi connectivity index (χ0v) is 20.0. The van der Waals surface area contributed by atoms with Crippen molar-refractivity contribution in [3.63, 3.8) is 0 Å². The summed E-state index contributed by atoms with van der Waals surface area (Å²) in [6.07, 6.45) is 12.9. The summed E-state index contributed by atoms with van der Waals surface area (Å²) in [7, 11) is 2.22. The molecule has 4 aliphatic rings. The van der Waals surface area contributed by atoms with Gasteiger partial charge < -0.3 is 15.1 Å². The van der Waals surface area contributed by atoms with Gasteiger partial charge in [-0.25, -0.2) is 0 Å². The van der Waals surface area contributed by atoms with Gasteiger partial charge in [0, 0.05) is 24.8 Å². The van der Waals surface area contributed by atoms with Gasteiger partial charge >= 0.3 is 0 Å². The van der Waals surface area contributed by atoms with Crippen LogP contribution in [0.5, 0.6) is 0 Å². The fourth-order valence-electron chi connectivity index (χ4n) is 5.04. The second-order valence-corrected chi connectivity index (χ2v) is 9.65. The number of aliphatic imine (C=N–C) groups is 1. The van der Waals surface area contributed by atoms with Crippen molar-refractivity contribution in [3.05, 3.63) is 64.5 Å². The Kier molecular flexibility index (Phi) is 6.56. The molecule has 7 heteroatoms. The number of anilines is 1. The average molecular weight is 466 g/mol. The molecule has 0 aromatic heterocycles. The summed E-state index contributed by atoms with van der Waals surface area (Å²) >= 11 is 6.24. The lowest BCUT2D eigenvalue weighted by Crippen LogP contribution is -2.52. The SMILES string of the molecule is CN1CCCC1/C=C/C(=C1CCC1)N1CCN2C(C(=O)Nc3ccccc3Cl)=CCN=C2C1. The van der Waals surface area contributed by atoms with Crippen LogP contribution < -0.4 is 5.32 Å². The lowest BCUT2D eigenvalue weighted by atomic mass is 9.89. The summed E-state index contributed by atoms with van der Waals surface area (Å²) in [6, 6.07) is 7.87. The Balaban J connectivity index is 1.29. The molecule has 2 saturated heterocycles. The number of halogens is 1. The van der Waals surface area contributed by atoms with Crippen molar-refractivity contribution in [2.45, 2.75) is 38.1 Å². The normalized spacial score (nSPS) is 23.2. The summed E-state index contributed by atoms with van der Waals surface area (Å²) in [6.45, 7) is 4.07. The second-order valence-electron chi connectivity index (χ2n) is 9.25. The maximum atomic E-state index is 13.1. The fourth-order valence-corrected chi connectivity index (χ4v) is 5.22. The Hall–Kier alpha value is -2.57. The van der Waals surface area contributed by atoms with Gasteiger partial charge in [-0.05, 0) is 75.6 Å². The van der Waals surface area contributed by atoms with E-state index < -0.39 is 0 Å². The molecule has 33 heavy (non-hydrogen) atoms. The number of carbonyl (C=O) groups excluding carboxylic acids is 1. The number of rotatable bonds is 5. The monoisotopic (exact) mass is 465 g/mol. The van der Waals surface area contributed by atoms with Crippen molar-refractivity contribution >= 4 is 29.0 Å². The fraction of sp³-hybridized carbons (Fsp3) is 0.462. The molecule has 0 bridgehead atoms. The van der Waals surface area contributed by atoms with Crippen molar-refractivity contribution in [1.29, 1.82) is 0 Å². The maximum absolute atomic E-state index is 13.1. The van der Waals surface area contributed by atoms with Gasteiger partial charge in [-0.15, -0.1) is 0 Å². The van der Waals surface area contributed by atoms with Crippen LogP contribution in [0.2, 0.25) is 5.02 Å². The topological polar surface area (TPSA) is 51.2 Å². The number of likely N-dealkylation sites (tertiary alicyclic amines) is 1. The van der Waals surface area contributed by atoms with Crippen molar-refractivity contribution < 1.29 is 4.79 Å². The molecule has 1 unspecified atom stereocenters. The van der Waals surface area contributed by atoms with Gasteiger partial charge in [-0.2, -0.15) is 0 Å². The summed E-state index contributed by atoms with van der Waals surface area (Å²) < 4.78 is 0. The minimum atomic E-state index is -0.134. The average Bonchev–Trinajstić information content (AvgIpc) is 3.20. The smallest absolute Gasteiger partial charge is 0.272 e. The summed E-state index contributed by atoms with van der Waals surface area (Å²) in [5.41, 5.74) is 4.23. The van der Waals surface area contributed by atoms with E-state index in [9.17, 15) is 4.79 Å². The van der Waals surface area contributed by atoms with Gasteiger partial charge in [-0.1, -0.05) is 29.8 Å². The van der Waals surface area contributed by atoms with Crippen LogP contribution in [0.3, 0.4) is 0 Å². The standard InChI is InChI=1S/C26H32ClN5O/c1-30-15-5-8-20(30)11-12-23(19-6-4-7-19)31-16-17-32-24(13-14-28-25(32)18-31)26(33)29-22-10-3-2-9-21(22)27/h2-3,9-13,20H,4-8,14-18H2,1H3,(H,29,33)/b12-11+. The Labute approximate surface area is 201 Å². The molecule has 1 aliphatic carbocycles. The largest absolute Gasteiger partial charge is 0.362 e. The number of carbonyl (C=O) groups is 1. The van der Waals surface area contributed by atoms with E-state index in [0.717, 1.165) is 25.5 Å². The predicted molar refractivity (Wildman–Crippen MR) is 134 cm³/mol. The minimum absolute atomic E-state index is 0.134. The van der Waals surface area contributed by atoms with E-state index in [4.69, 9.17) is 16.6 Å². The number of nitrogens with zero attached hydrogens (tertiary/aromatic N) is 4. The molecule has 3 aliphatic heterocycles. The third-order valence-electron chi connectivity index (χ3n) is 7.15. The highest BCUT2D eigenvalue weighted by Crippen LogP contribution is 2.33. The number of nitrogens with one attached hydrogen (secondary N) is 1. The van der Waals surface area contributed by atoms with E-state index in [1.807, 2.05) is 24.3 Å². The lowest BCUT2D eigenvalue weighted by molar-refractivity contribution is -0.114. The Morgan fingerprint density at radius 2 is 2.03 bits per heavy atom. The number of likely N-dealkylation sites (N-methyl/N-ethyl adjacent to an activating group) is 1. The molecule has 0 radical (unpaired) electrons. The number of benzene rings is 1. The van der Waals surface area contributed by atoms with Crippen LogP contribution in [-0.2, 0) is 4.79 Å². The number of para-hydroxylation sites is 1. The number of fused-ring (bicyclic) bond motifs is 1. The van der Waals surface area contributed by atoms with E-state index in [2.05, 4.69) is 39.2 Å². The third-order valence-corrected chi connectivity index (χ3v) is 7.48. The molecule has 1 saturated carbocycles. The van der Waals surface area contributed by atoms with Crippen LogP contribution in [0.4, 0.5) is 5.69 Å². The Bertz CT molecular complexity index is 1040. The molecular weight excluding hydrogens is 434 g/mol. The van der Waals surface area contributed by atoms with Crippen molar-refractivity contribution in [2.24, 2.45) is 4.99 Å². The third kappa shape index (κ3) is 4.73. The van der Waals surface area contributed by atoms with Gasteiger partial charge in [0.25, 0.3) is 5.91 Å². The van der Waals surface area contributed by atoms with Gasteiger partial charge in [0.1, 0.15) is 11.5 Å². The molecular formula is C26H32ClN5O. The lowest BCUT2D eigenvalue weighted by Gasteiger charge is -2.42. The predicted octanol–water partition coefficient (Wildman–Crippen LogP) is 4.28. The van der Waals surface area contributed by atoms with Gasteiger partial charge in [0.05, 0.1) is 23.8 Å².